The molecule has 1 saturated heterocycles. The summed E-state index contributed by atoms with van der Waals surface area (Å²) in [4.78, 5) is 30.9. The third kappa shape index (κ3) is 4.07. The highest BCUT2D eigenvalue weighted by molar-refractivity contribution is 5.97. The molecule has 8 nitrogen and oxygen atoms in total. The van der Waals surface area contributed by atoms with Gasteiger partial charge in [-0.15, -0.1) is 0 Å². The number of fused-ring (bicyclic) bond motifs is 1. The molecular weight excluding hydrogens is 370 g/mol. The first kappa shape index (κ1) is 18.9. The van der Waals surface area contributed by atoms with Crippen molar-refractivity contribution in [1.29, 1.82) is 0 Å². The van der Waals surface area contributed by atoms with Crippen molar-refractivity contribution in [3.05, 3.63) is 48.5 Å². The van der Waals surface area contributed by atoms with Crippen LogP contribution in [0, 0.1) is 0 Å². The molecule has 0 spiro atoms. The summed E-state index contributed by atoms with van der Waals surface area (Å²) in [6.07, 6.45) is 1.42. The number of benzene rings is 2. The van der Waals surface area contributed by atoms with E-state index in [0.29, 0.717) is 31.1 Å². The van der Waals surface area contributed by atoms with E-state index >= 15 is 0 Å². The number of para-hydroxylation sites is 2. The van der Waals surface area contributed by atoms with Gasteiger partial charge in [0.1, 0.15) is 6.54 Å². The Balaban J connectivity index is 1.52. The van der Waals surface area contributed by atoms with Gasteiger partial charge in [-0.05, 0) is 36.8 Å². The molecule has 1 aliphatic rings. The number of rotatable bonds is 7. The zero-order chi connectivity index (χ0) is 20.2. The Labute approximate surface area is 168 Å². The van der Waals surface area contributed by atoms with Gasteiger partial charge in [-0.25, -0.2) is 4.98 Å². The summed E-state index contributed by atoms with van der Waals surface area (Å²) in [6.45, 7) is 1.09. The number of anilines is 3. The van der Waals surface area contributed by atoms with E-state index in [4.69, 9.17) is 5.11 Å². The number of nitrogens with one attached hydrogen (secondary N) is 2. The van der Waals surface area contributed by atoms with Gasteiger partial charge in [-0.3, -0.25) is 9.59 Å². The molecule has 8 heteroatoms. The number of amides is 2. The molecule has 2 amide bonds. The topological polar surface area (TPSA) is 99.5 Å². The minimum atomic E-state index is -0.204. The van der Waals surface area contributed by atoms with E-state index in [2.05, 4.69) is 15.6 Å². The van der Waals surface area contributed by atoms with Crippen LogP contribution >= 0.6 is 0 Å². The van der Waals surface area contributed by atoms with Crippen LogP contribution in [0.5, 0.6) is 0 Å². The van der Waals surface area contributed by atoms with Crippen LogP contribution in [0.15, 0.2) is 48.5 Å². The quantitative estimate of drug-likeness (QED) is 0.572. The van der Waals surface area contributed by atoms with Crippen LogP contribution in [-0.4, -0.2) is 46.2 Å². The van der Waals surface area contributed by atoms with Crippen molar-refractivity contribution < 1.29 is 14.7 Å². The van der Waals surface area contributed by atoms with E-state index in [-0.39, 0.29) is 25.0 Å². The normalized spacial score (nSPS) is 13.8. The second kappa shape index (κ2) is 8.32. The maximum atomic E-state index is 12.7. The van der Waals surface area contributed by atoms with E-state index in [9.17, 15) is 9.59 Å². The van der Waals surface area contributed by atoms with Crippen LogP contribution in [0.4, 0.5) is 17.3 Å². The van der Waals surface area contributed by atoms with E-state index in [1.165, 1.54) is 0 Å². The second-order valence-electron chi connectivity index (χ2n) is 6.91. The van der Waals surface area contributed by atoms with Crippen molar-refractivity contribution in [1.82, 2.24) is 9.55 Å². The van der Waals surface area contributed by atoms with E-state index < -0.39 is 0 Å². The Morgan fingerprint density at radius 3 is 2.83 bits per heavy atom. The third-order valence-corrected chi connectivity index (χ3v) is 4.87. The number of imidazole rings is 1. The molecule has 0 aliphatic carbocycles. The average molecular weight is 393 g/mol. The predicted octanol–water partition coefficient (Wildman–Crippen LogP) is 2.21. The number of aromatic nitrogens is 2. The lowest BCUT2D eigenvalue weighted by atomic mass is 10.2. The van der Waals surface area contributed by atoms with Crippen molar-refractivity contribution in [3.8, 4) is 0 Å². The molecule has 0 unspecified atom stereocenters. The SMILES string of the molecule is O=C(Cn1c(NCCO)nc2ccccc21)Nc1cccc(N2CCCC2=O)c1. The summed E-state index contributed by atoms with van der Waals surface area (Å²) < 4.78 is 1.79. The molecule has 2 aromatic carbocycles. The summed E-state index contributed by atoms with van der Waals surface area (Å²) in [6, 6.07) is 14.9. The molecule has 3 aromatic rings. The zero-order valence-corrected chi connectivity index (χ0v) is 16.0. The Morgan fingerprint density at radius 1 is 1.17 bits per heavy atom. The molecule has 0 bridgehead atoms. The van der Waals surface area contributed by atoms with Crippen molar-refractivity contribution in [2.75, 3.05) is 35.2 Å². The Kier molecular flexibility index (Phi) is 5.44. The lowest BCUT2D eigenvalue weighted by Crippen LogP contribution is -2.24. The van der Waals surface area contributed by atoms with Gasteiger partial charge in [-0.2, -0.15) is 0 Å². The minimum absolute atomic E-state index is 0.0303. The Hall–Kier alpha value is -3.39. The number of carbonyl (C=O) groups excluding carboxylic acids is 2. The molecule has 4 rings (SSSR count). The molecule has 150 valence electrons. The van der Waals surface area contributed by atoms with Gasteiger partial charge < -0.3 is 25.2 Å². The summed E-state index contributed by atoms with van der Waals surface area (Å²) in [5.74, 6) is 0.440. The highest BCUT2D eigenvalue weighted by Crippen LogP contribution is 2.25. The first-order valence-corrected chi connectivity index (χ1v) is 9.66. The van der Waals surface area contributed by atoms with E-state index in [1.54, 1.807) is 15.5 Å². The molecule has 0 radical (unpaired) electrons. The van der Waals surface area contributed by atoms with Gasteiger partial charge in [0, 0.05) is 30.9 Å². The fourth-order valence-corrected chi connectivity index (χ4v) is 3.56. The van der Waals surface area contributed by atoms with Gasteiger partial charge >= 0.3 is 0 Å². The lowest BCUT2D eigenvalue weighted by molar-refractivity contribution is -0.117. The highest BCUT2D eigenvalue weighted by Gasteiger charge is 2.22. The number of aliphatic hydroxyl groups is 1. The Bertz CT molecular complexity index is 1050. The smallest absolute Gasteiger partial charge is 0.244 e. The van der Waals surface area contributed by atoms with Crippen LogP contribution in [0.3, 0.4) is 0 Å². The largest absolute Gasteiger partial charge is 0.395 e. The van der Waals surface area contributed by atoms with Crippen LogP contribution in [0.2, 0.25) is 0 Å². The van der Waals surface area contributed by atoms with Gasteiger partial charge in [-0.1, -0.05) is 18.2 Å². The van der Waals surface area contributed by atoms with Crippen molar-refractivity contribution in [2.24, 2.45) is 0 Å². The molecule has 1 aromatic heterocycles. The number of carbonyl (C=O) groups is 2. The summed E-state index contributed by atoms with van der Waals surface area (Å²) in [5.41, 5.74) is 3.04. The van der Waals surface area contributed by atoms with Crippen molar-refractivity contribution in [3.63, 3.8) is 0 Å². The maximum Gasteiger partial charge on any atom is 0.244 e. The molecule has 3 N–H and O–H groups in total. The average Bonchev–Trinajstić information content (AvgIpc) is 3.30. The van der Waals surface area contributed by atoms with Gasteiger partial charge in [0.05, 0.1) is 17.6 Å². The van der Waals surface area contributed by atoms with Crippen LogP contribution in [-0.2, 0) is 16.1 Å². The molecule has 1 aliphatic heterocycles. The second-order valence-corrected chi connectivity index (χ2v) is 6.91. The molecule has 29 heavy (non-hydrogen) atoms. The molecule has 0 saturated carbocycles. The van der Waals surface area contributed by atoms with E-state index in [0.717, 1.165) is 23.1 Å². The number of hydrogen-bond acceptors (Lipinski definition) is 5. The molecule has 2 heterocycles. The summed E-state index contributed by atoms with van der Waals surface area (Å²) in [5, 5.41) is 15.1. The molecule has 0 atom stereocenters. The third-order valence-electron chi connectivity index (χ3n) is 4.87. The van der Waals surface area contributed by atoms with Gasteiger partial charge in [0.25, 0.3) is 0 Å². The van der Waals surface area contributed by atoms with Gasteiger partial charge in [0.15, 0.2) is 0 Å². The summed E-state index contributed by atoms with van der Waals surface area (Å²) >= 11 is 0. The monoisotopic (exact) mass is 393 g/mol. The standard InChI is InChI=1S/C21H23N5O3/c27-12-10-22-21-24-17-7-1-2-8-18(17)26(21)14-19(28)23-15-5-3-6-16(13-15)25-11-4-9-20(25)29/h1-3,5-8,13,27H,4,9-12,14H2,(H,22,24)(H,23,28). The van der Waals surface area contributed by atoms with Crippen molar-refractivity contribution in [2.45, 2.75) is 19.4 Å². The highest BCUT2D eigenvalue weighted by atomic mass is 16.3. The fourth-order valence-electron chi connectivity index (χ4n) is 3.56. The zero-order valence-electron chi connectivity index (χ0n) is 16.0. The number of aliphatic hydroxyl groups excluding tert-OH is 1. The Morgan fingerprint density at radius 2 is 2.03 bits per heavy atom. The molecule has 1 fully saturated rings. The van der Waals surface area contributed by atoms with Gasteiger partial charge in [0.2, 0.25) is 17.8 Å². The first-order chi connectivity index (χ1) is 14.2. The maximum absolute atomic E-state index is 12.7. The number of nitrogens with zero attached hydrogens (tertiary/aromatic N) is 3. The van der Waals surface area contributed by atoms with Crippen LogP contribution in [0.1, 0.15) is 12.8 Å². The molecular formula is C21H23N5O3. The fraction of sp³-hybridized carbons (Fsp3) is 0.286. The summed E-state index contributed by atoms with van der Waals surface area (Å²) in [7, 11) is 0. The van der Waals surface area contributed by atoms with Crippen molar-refractivity contribution >= 4 is 40.2 Å². The number of hydrogen-bond donors (Lipinski definition) is 3. The first-order valence-electron chi connectivity index (χ1n) is 9.66. The predicted molar refractivity (Wildman–Crippen MR) is 112 cm³/mol. The van der Waals surface area contributed by atoms with Crippen LogP contribution in [0.25, 0.3) is 11.0 Å². The minimum Gasteiger partial charge on any atom is -0.395 e. The van der Waals surface area contributed by atoms with E-state index in [1.807, 2.05) is 42.5 Å². The lowest BCUT2D eigenvalue weighted by Gasteiger charge is -2.17. The van der Waals surface area contributed by atoms with Crippen LogP contribution < -0.4 is 15.5 Å².